The molecule has 62 valence electrons. The van der Waals surface area contributed by atoms with Crippen molar-refractivity contribution in [3.8, 4) is 0 Å². The largest absolute Gasteiger partial charge is 0.396 e. The molecular formula is C7H17NO2. The van der Waals surface area contributed by atoms with E-state index in [-0.39, 0.29) is 12.7 Å². The van der Waals surface area contributed by atoms with Crippen molar-refractivity contribution in [1.82, 2.24) is 0 Å². The summed E-state index contributed by atoms with van der Waals surface area (Å²) in [5.41, 5.74) is 0. The summed E-state index contributed by atoms with van der Waals surface area (Å²) in [4.78, 5) is 4.64. The van der Waals surface area contributed by atoms with Gasteiger partial charge >= 0.3 is 0 Å². The van der Waals surface area contributed by atoms with Gasteiger partial charge in [-0.15, -0.1) is 0 Å². The number of hydrogen-bond donors (Lipinski definition) is 2. The summed E-state index contributed by atoms with van der Waals surface area (Å²) >= 11 is 0. The molecule has 3 nitrogen and oxygen atoms in total. The summed E-state index contributed by atoms with van der Waals surface area (Å²) in [7, 11) is 0. The second-order valence-electron chi connectivity index (χ2n) is 2.90. The van der Waals surface area contributed by atoms with Gasteiger partial charge in [-0.3, -0.25) is 0 Å². The highest BCUT2D eigenvalue weighted by Gasteiger charge is 2.08. The Morgan fingerprint density at radius 3 is 2.40 bits per heavy atom. The number of nitrogens with two attached hydrogens (primary N) is 1. The van der Waals surface area contributed by atoms with Crippen molar-refractivity contribution < 1.29 is 9.94 Å². The summed E-state index contributed by atoms with van der Waals surface area (Å²) in [5.74, 6) is 5.57. The molecule has 0 heterocycles. The van der Waals surface area contributed by atoms with Crippen molar-refractivity contribution in [2.45, 2.75) is 32.8 Å². The maximum Gasteiger partial charge on any atom is 0.0811 e. The highest BCUT2D eigenvalue weighted by atomic mass is 16.6. The molecule has 0 aromatic heterocycles. The van der Waals surface area contributed by atoms with E-state index in [0.29, 0.717) is 12.3 Å². The monoisotopic (exact) mass is 147 g/mol. The van der Waals surface area contributed by atoms with E-state index in [2.05, 4.69) is 18.7 Å². The fourth-order valence-corrected chi connectivity index (χ4v) is 0.911. The number of rotatable bonds is 5. The first-order valence-electron chi connectivity index (χ1n) is 3.67. The molecule has 0 rings (SSSR count). The van der Waals surface area contributed by atoms with Crippen LogP contribution in [0, 0.1) is 5.92 Å². The fraction of sp³-hybridized carbons (Fsp3) is 1.00. The number of aliphatic hydroxyl groups is 1. The lowest BCUT2D eigenvalue weighted by molar-refractivity contribution is 0.0221. The van der Waals surface area contributed by atoms with Crippen LogP contribution >= 0.6 is 0 Å². The molecule has 1 atom stereocenters. The van der Waals surface area contributed by atoms with Crippen molar-refractivity contribution in [3.63, 3.8) is 0 Å². The molecule has 0 aliphatic heterocycles. The third kappa shape index (κ3) is 4.73. The van der Waals surface area contributed by atoms with Gasteiger partial charge in [-0.05, 0) is 18.8 Å². The van der Waals surface area contributed by atoms with Gasteiger partial charge in [0.2, 0.25) is 0 Å². The Kier molecular flexibility index (Phi) is 5.58. The Morgan fingerprint density at radius 2 is 2.10 bits per heavy atom. The third-order valence-corrected chi connectivity index (χ3v) is 1.38. The van der Waals surface area contributed by atoms with Gasteiger partial charge in [0.05, 0.1) is 6.10 Å². The molecule has 10 heavy (non-hydrogen) atoms. The molecule has 0 aliphatic carbocycles. The van der Waals surface area contributed by atoms with Crippen molar-refractivity contribution in [2.75, 3.05) is 6.61 Å². The van der Waals surface area contributed by atoms with Crippen LogP contribution in [-0.2, 0) is 4.84 Å². The second kappa shape index (κ2) is 5.65. The molecule has 0 spiro atoms. The molecule has 0 aromatic rings. The Bertz CT molecular complexity index is 76.0. The summed E-state index contributed by atoms with van der Waals surface area (Å²) in [5, 5.41) is 8.55. The first-order valence-corrected chi connectivity index (χ1v) is 3.67. The summed E-state index contributed by atoms with van der Waals surface area (Å²) < 4.78 is 0. The van der Waals surface area contributed by atoms with Gasteiger partial charge in [-0.2, -0.15) is 0 Å². The van der Waals surface area contributed by atoms with Crippen molar-refractivity contribution in [2.24, 2.45) is 11.8 Å². The lowest BCUT2D eigenvalue weighted by Crippen LogP contribution is -2.20. The van der Waals surface area contributed by atoms with Crippen molar-refractivity contribution in [3.05, 3.63) is 0 Å². The fourth-order valence-electron chi connectivity index (χ4n) is 0.911. The zero-order valence-corrected chi connectivity index (χ0v) is 6.71. The lowest BCUT2D eigenvalue weighted by Gasteiger charge is -2.14. The van der Waals surface area contributed by atoms with Crippen LogP contribution in [0.1, 0.15) is 26.7 Å². The van der Waals surface area contributed by atoms with Crippen LogP contribution in [-0.4, -0.2) is 17.8 Å². The van der Waals surface area contributed by atoms with E-state index < -0.39 is 0 Å². The zero-order valence-electron chi connectivity index (χ0n) is 6.71. The average molecular weight is 147 g/mol. The van der Waals surface area contributed by atoms with Crippen molar-refractivity contribution >= 4 is 0 Å². The average Bonchev–Trinajstić information content (AvgIpc) is 1.86. The Hall–Kier alpha value is -0.120. The molecule has 0 saturated heterocycles. The summed E-state index contributed by atoms with van der Waals surface area (Å²) in [6, 6.07) is 0. The van der Waals surface area contributed by atoms with Gasteiger partial charge in [0.25, 0.3) is 0 Å². The standard InChI is InChI=1S/C7H17NO2/c1-6(2)5-7(10-8)3-4-9/h6-7,9H,3-5,8H2,1-2H3. The molecule has 0 amide bonds. The van der Waals surface area contributed by atoms with Crippen LogP contribution in [0.2, 0.25) is 0 Å². The SMILES string of the molecule is CC(C)CC(CCO)ON. The lowest BCUT2D eigenvalue weighted by atomic mass is 10.0. The van der Waals surface area contributed by atoms with Crippen LogP contribution in [0.3, 0.4) is 0 Å². The molecule has 1 unspecified atom stereocenters. The quantitative estimate of drug-likeness (QED) is 0.562. The zero-order chi connectivity index (χ0) is 7.98. The molecule has 3 N–H and O–H groups in total. The minimum Gasteiger partial charge on any atom is -0.396 e. The van der Waals surface area contributed by atoms with Gasteiger partial charge in [-0.1, -0.05) is 13.8 Å². The van der Waals surface area contributed by atoms with E-state index in [1.165, 1.54) is 0 Å². The predicted octanol–water partition coefficient (Wildman–Crippen LogP) is 0.674. The van der Waals surface area contributed by atoms with E-state index in [4.69, 9.17) is 11.0 Å². The Balaban J connectivity index is 3.39. The van der Waals surface area contributed by atoms with E-state index in [9.17, 15) is 0 Å². The van der Waals surface area contributed by atoms with Crippen LogP contribution in [0.5, 0.6) is 0 Å². The summed E-state index contributed by atoms with van der Waals surface area (Å²) in [6.45, 7) is 4.35. The first-order chi connectivity index (χ1) is 4.70. The summed E-state index contributed by atoms with van der Waals surface area (Å²) in [6.07, 6.45) is 1.57. The Morgan fingerprint density at radius 1 is 1.50 bits per heavy atom. The molecule has 0 fully saturated rings. The molecule has 0 aliphatic rings. The Labute approximate surface area is 62.1 Å². The van der Waals surface area contributed by atoms with E-state index in [1.807, 2.05) is 0 Å². The van der Waals surface area contributed by atoms with Gasteiger partial charge in [0.15, 0.2) is 0 Å². The maximum atomic E-state index is 8.55. The predicted molar refractivity (Wildman–Crippen MR) is 40.2 cm³/mol. The molecule has 3 heteroatoms. The number of aliphatic hydroxyl groups excluding tert-OH is 1. The topological polar surface area (TPSA) is 55.5 Å². The van der Waals surface area contributed by atoms with E-state index >= 15 is 0 Å². The minimum absolute atomic E-state index is 0.0185. The van der Waals surface area contributed by atoms with Gasteiger partial charge in [0.1, 0.15) is 0 Å². The van der Waals surface area contributed by atoms with Crippen LogP contribution < -0.4 is 5.90 Å². The molecule has 0 saturated carbocycles. The van der Waals surface area contributed by atoms with Crippen LogP contribution in [0.15, 0.2) is 0 Å². The molecule has 0 aromatic carbocycles. The third-order valence-electron chi connectivity index (χ3n) is 1.38. The number of hydrogen-bond acceptors (Lipinski definition) is 3. The van der Waals surface area contributed by atoms with E-state index in [1.54, 1.807) is 0 Å². The van der Waals surface area contributed by atoms with Crippen LogP contribution in [0.25, 0.3) is 0 Å². The smallest absolute Gasteiger partial charge is 0.0811 e. The van der Waals surface area contributed by atoms with E-state index in [0.717, 1.165) is 6.42 Å². The minimum atomic E-state index is 0.0185. The highest BCUT2D eigenvalue weighted by Crippen LogP contribution is 2.08. The first kappa shape index (κ1) is 9.88. The molecule has 0 radical (unpaired) electrons. The van der Waals surface area contributed by atoms with Gasteiger partial charge < -0.3 is 9.94 Å². The second-order valence-corrected chi connectivity index (χ2v) is 2.90. The van der Waals surface area contributed by atoms with Gasteiger partial charge in [-0.25, -0.2) is 5.90 Å². The van der Waals surface area contributed by atoms with Crippen LogP contribution in [0.4, 0.5) is 0 Å². The molecule has 0 bridgehead atoms. The maximum absolute atomic E-state index is 8.55. The van der Waals surface area contributed by atoms with Crippen molar-refractivity contribution in [1.29, 1.82) is 0 Å². The molecular weight excluding hydrogens is 130 g/mol. The normalized spacial score (nSPS) is 14.1. The van der Waals surface area contributed by atoms with Gasteiger partial charge in [0, 0.05) is 6.61 Å². The highest BCUT2D eigenvalue weighted by molar-refractivity contribution is 4.58.